The lowest BCUT2D eigenvalue weighted by molar-refractivity contribution is -0.159. The van der Waals surface area contributed by atoms with Crippen molar-refractivity contribution < 1.29 is 22.2 Å². The van der Waals surface area contributed by atoms with E-state index >= 15 is 0 Å². The molecule has 1 aromatic rings. The largest absolute Gasteiger partial charge is 0.334 e. The number of carbonyl (C=O) groups is 2. The summed E-state index contributed by atoms with van der Waals surface area (Å²) in [6.07, 6.45) is 7.52. The number of sulfone groups is 1. The minimum Gasteiger partial charge on any atom is -0.334 e. The summed E-state index contributed by atoms with van der Waals surface area (Å²) in [5.41, 5.74) is -0.375. The smallest absolute Gasteiger partial charge is 0.233 e. The summed E-state index contributed by atoms with van der Waals surface area (Å²) in [7, 11) is -6.87. The van der Waals surface area contributed by atoms with Crippen LogP contribution in [0, 0.1) is 22.0 Å². The molecule has 1 aromatic carbocycles. The van der Waals surface area contributed by atoms with Crippen LogP contribution in [0.15, 0.2) is 47.5 Å². The van der Waals surface area contributed by atoms with E-state index in [0.29, 0.717) is 29.3 Å². The number of hydrogen-bond donors (Lipinski definition) is 2. The van der Waals surface area contributed by atoms with Gasteiger partial charge in [-0.25, -0.2) is 17.4 Å². The molecule has 1 aliphatic heterocycles. The first kappa shape index (κ1) is 34.0. The SMILES string of the molecule is CC(C)[C@@H](CS(=O)(=O)C(C)C)N1C(=O)[C@@](C)(CC(=O)NS(=N)(=O)C2CC2)C[C@H](c2cccc(Cl)c2)[C@H]1C1C=CC(Cl)=CC1. The number of allylic oxidation sites excluding steroid dienone is 3. The molecule has 2 fully saturated rings. The highest BCUT2D eigenvalue weighted by Crippen LogP contribution is 2.50. The monoisotopic (exact) mass is 671 g/mol. The molecule has 0 spiro atoms. The highest BCUT2D eigenvalue weighted by atomic mass is 35.5. The second kappa shape index (κ2) is 12.9. The Kier molecular flexibility index (Phi) is 10.2. The van der Waals surface area contributed by atoms with E-state index in [2.05, 4.69) is 4.72 Å². The first-order valence-electron chi connectivity index (χ1n) is 14.9. The van der Waals surface area contributed by atoms with Crippen molar-refractivity contribution in [2.75, 3.05) is 5.75 Å². The van der Waals surface area contributed by atoms with E-state index in [-0.39, 0.29) is 47.5 Å². The fraction of sp³-hybridized carbons (Fsp3) is 0.613. The summed E-state index contributed by atoms with van der Waals surface area (Å²) in [6.45, 7) is 8.83. The van der Waals surface area contributed by atoms with Crippen LogP contribution in [-0.4, -0.2) is 57.7 Å². The molecular weight excluding hydrogens is 629 g/mol. The topological polar surface area (TPSA) is 124 Å². The summed E-state index contributed by atoms with van der Waals surface area (Å²) in [4.78, 5) is 29.9. The van der Waals surface area contributed by atoms with Crippen molar-refractivity contribution in [3.8, 4) is 0 Å². The maximum absolute atomic E-state index is 14.8. The fourth-order valence-corrected chi connectivity index (χ4v) is 9.49. The van der Waals surface area contributed by atoms with Crippen LogP contribution in [0.4, 0.5) is 0 Å². The van der Waals surface area contributed by atoms with Gasteiger partial charge in [-0.1, -0.05) is 68.3 Å². The lowest BCUT2D eigenvalue weighted by Crippen LogP contribution is -2.64. The van der Waals surface area contributed by atoms with E-state index < -0.39 is 48.4 Å². The molecular formula is C31H43Cl2N3O5S2. The molecule has 0 aromatic heterocycles. The Morgan fingerprint density at radius 1 is 1.16 bits per heavy atom. The molecule has 2 unspecified atom stereocenters. The zero-order chi connectivity index (χ0) is 31.9. The standard InChI is InChI=1S/C31H43Cl2N3O5S2/c1-19(2)27(18-42(39,40)20(3)4)36-29(21-9-11-23(32)12-10-21)26(22-7-6-8-24(33)15-22)16-31(5,30(36)38)17-28(37)35-43(34,41)25-13-14-25/h6-9,11-12,15,19-21,25-27,29H,10,13-14,16-18H2,1-5H3,(H2,34,35,37,41)/t21?,26-,27-,29-,31-,43?/m1/s1. The highest BCUT2D eigenvalue weighted by Gasteiger charge is 2.54. The zero-order valence-electron chi connectivity index (χ0n) is 25.4. The predicted octanol–water partition coefficient (Wildman–Crippen LogP) is 6.21. The molecule has 3 aliphatic rings. The van der Waals surface area contributed by atoms with Gasteiger partial charge in [-0.3, -0.25) is 14.3 Å². The van der Waals surface area contributed by atoms with E-state index in [1.165, 1.54) is 0 Å². The Hall–Kier alpha value is -1.88. The fourth-order valence-electron chi connectivity index (χ4n) is 6.34. The Morgan fingerprint density at radius 2 is 1.84 bits per heavy atom. The third-order valence-electron chi connectivity index (χ3n) is 9.02. The maximum atomic E-state index is 14.8. The Morgan fingerprint density at radius 3 is 2.37 bits per heavy atom. The number of halogens is 2. The number of nitrogens with one attached hydrogen (secondary N) is 2. The van der Waals surface area contributed by atoms with Crippen molar-refractivity contribution in [1.82, 2.24) is 9.62 Å². The second-order valence-corrected chi connectivity index (χ2v) is 18.7. The molecule has 0 radical (unpaired) electrons. The summed E-state index contributed by atoms with van der Waals surface area (Å²) in [5, 5.41) is 0.138. The van der Waals surface area contributed by atoms with Gasteiger partial charge in [-0.15, -0.1) is 0 Å². The van der Waals surface area contributed by atoms with Gasteiger partial charge in [0.25, 0.3) is 0 Å². The average Bonchev–Trinajstić information content (AvgIpc) is 3.75. The number of benzene rings is 1. The van der Waals surface area contributed by atoms with Crippen LogP contribution in [-0.2, 0) is 29.3 Å². The first-order valence-corrected chi connectivity index (χ1v) is 19.0. The molecule has 2 amide bonds. The normalized spacial score (nSPS) is 28.5. The molecule has 2 aliphatic carbocycles. The van der Waals surface area contributed by atoms with Crippen molar-refractivity contribution in [1.29, 1.82) is 4.78 Å². The second-order valence-electron chi connectivity index (χ2n) is 13.2. The third kappa shape index (κ3) is 7.68. The summed E-state index contributed by atoms with van der Waals surface area (Å²) in [5.74, 6) is -1.84. The van der Waals surface area contributed by atoms with Gasteiger partial charge in [0.1, 0.15) is 9.92 Å². The van der Waals surface area contributed by atoms with Crippen LogP contribution < -0.4 is 4.72 Å². The molecule has 12 heteroatoms. The molecule has 8 nitrogen and oxygen atoms in total. The van der Waals surface area contributed by atoms with Crippen LogP contribution in [0.1, 0.15) is 78.2 Å². The number of likely N-dealkylation sites (tertiary alicyclic amines) is 1. The van der Waals surface area contributed by atoms with Gasteiger partial charge in [-0.05, 0) is 69.2 Å². The number of piperidine rings is 1. The van der Waals surface area contributed by atoms with Crippen molar-refractivity contribution in [3.63, 3.8) is 0 Å². The molecule has 1 saturated heterocycles. The minimum absolute atomic E-state index is 0.168. The van der Waals surface area contributed by atoms with Gasteiger partial charge in [0, 0.05) is 40.4 Å². The van der Waals surface area contributed by atoms with Crippen LogP contribution in [0.2, 0.25) is 5.02 Å². The molecule has 0 bridgehead atoms. The van der Waals surface area contributed by atoms with E-state index in [9.17, 15) is 22.2 Å². The Labute approximate surface area is 266 Å². The third-order valence-corrected chi connectivity index (χ3v) is 13.7. The van der Waals surface area contributed by atoms with Crippen molar-refractivity contribution >= 4 is 54.8 Å². The molecule has 4 rings (SSSR count). The van der Waals surface area contributed by atoms with Crippen molar-refractivity contribution in [2.24, 2.45) is 17.3 Å². The van der Waals surface area contributed by atoms with Gasteiger partial charge in [-0.2, -0.15) is 0 Å². The average molecular weight is 673 g/mol. The van der Waals surface area contributed by atoms with E-state index in [1.54, 1.807) is 31.7 Å². The Bertz CT molecular complexity index is 1520. The number of carbonyl (C=O) groups excluding carboxylic acids is 2. The van der Waals surface area contributed by atoms with Crippen molar-refractivity contribution in [3.05, 3.63) is 58.1 Å². The van der Waals surface area contributed by atoms with E-state index in [4.69, 9.17) is 28.0 Å². The zero-order valence-corrected chi connectivity index (χ0v) is 28.5. The lowest BCUT2D eigenvalue weighted by Gasteiger charge is -2.54. The summed E-state index contributed by atoms with van der Waals surface area (Å²) in [6, 6.07) is 6.32. The van der Waals surface area contributed by atoms with E-state index in [0.717, 1.165) is 5.56 Å². The quantitative estimate of drug-likeness (QED) is 0.290. The van der Waals surface area contributed by atoms with Gasteiger partial charge in [0.2, 0.25) is 11.8 Å². The lowest BCUT2D eigenvalue weighted by atomic mass is 9.65. The summed E-state index contributed by atoms with van der Waals surface area (Å²) < 4.78 is 50.1. The van der Waals surface area contributed by atoms with Gasteiger partial charge in [0.05, 0.1) is 21.7 Å². The van der Waals surface area contributed by atoms with Crippen LogP contribution in [0.3, 0.4) is 0 Å². The molecule has 238 valence electrons. The predicted molar refractivity (Wildman–Crippen MR) is 173 cm³/mol. The first-order chi connectivity index (χ1) is 19.9. The van der Waals surface area contributed by atoms with Crippen LogP contribution >= 0.6 is 23.2 Å². The molecule has 2 N–H and O–H groups in total. The van der Waals surface area contributed by atoms with Gasteiger partial charge >= 0.3 is 0 Å². The highest BCUT2D eigenvalue weighted by molar-refractivity contribution is 7.92. The number of nitrogens with zero attached hydrogens (tertiary/aromatic N) is 1. The maximum Gasteiger partial charge on any atom is 0.233 e. The van der Waals surface area contributed by atoms with E-state index in [1.807, 2.05) is 50.3 Å². The number of hydrogen-bond acceptors (Lipinski definition) is 6. The van der Waals surface area contributed by atoms with Crippen molar-refractivity contribution in [2.45, 2.75) is 95.2 Å². The number of rotatable bonds is 11. The molecule has 1 heterocycles. The van der Waals surface area contributed by atoms with Gasteiger partial charge < -0.3 is 4.90 Å². The molecule has 43 heavy (non-hydrogen) atoms. The van der Waals surface area contributed by atoms with Crippen LogP contribution in [0.5, 0.6) is 0 Å². The van der Waals surface area contributed by atoms with Crippen LogP contribution in [0.25, 0.3) is 0 Å². The Balaban J connectivity index is 1.85. The summed E-state index contributed by atoms with van der Waals surface area (Å²) >= 11 is 12.8. The number of amides is 2. The molecule has 1 saturated carbocycles. The minimum atomic E-state index is -3.56. The van der Waals surface area contributed by atoms with Gasteiger partial charge in [0.15, 0.2) is 9.84 Å². The molecule has 6 atom stereocenters.